The van der Waals surface area contributed by atoms with Crippen molar-refractivity contribution in [1.29, 1.82) is 0 Å². The standard InChI is InChI=1S/C17H21N5O2/c1-12-9-13(2)22(20-12)15-6-4-3-5-14(15)10-19-17(24)21-8-7-18-16(23)11-21/h3-6,9H,7-8,10-11H2,1-2H3,(H,18,23)(H,19,24). The van der Waals surface area contributed by atoms with Gasteiger partial charge in [0.15, 0.2) is 0 Å². The second-order valence-electron chi connectivity index (χ2n) is 5.90. The molecule has 1 fully saturated rings. The molecule has 2 N–H and O–H groups in total. The number of benzene rings is 1. The van der Waals surface area contributed by atoms with Crippen LogP contribution in [0, 0.1) is 13.8 Å². The Kier molecular flexibility index (Phi) is 4.50. The number of nitrogens with zero attached hydrogens (tertiary/aromatic N) is 3. The van der Waals surface area contributed by atoms with E-state index < -0.39 is 0 Å². The summed E-state index contributed by atoms with van der Waals surface area (Å²) in [5.41, 5.74) is 3.91. The van der Waals surface area contributed by atoms with Crippen molar-refractivity contribution in [3.63, 3.8) is 0 Å². The van der Waals surface area contributed by atoms with Crippen LogP contribution in [0.1, 0.15) is 17.0 Å². The molecular formula is C17H21N5O2. The van der Waals surface area contributed by atoms with Gasteiger partial charge in [0.05, 0.1) is 11.4 Å². The highest BCUT2D eigenvalue weighted by Crippen LogP contribution is 2.17. The molecule has 7 heteroatoms. The molecule has 1 aromatic carbocycles. The number of para-hydroxylation sites is 1. The van der Waals surface area contributed by atoms with Crippen molar-refractivity contribution < 1.29 is 9.59 Å². The summed E-state index contributed by atoms with van der Waals surface area (Å²) < 4.78 is 1.88. The van der Waals surface area contributed by atoms with E-state index in [9.17, 15) is 9.59 Å². The minimum absolute atomic E-state index is 0.102. The van der Waals surface area contributed by atoms with Crippen LogP contribution in [0.5, 0.6) is 0 Å². The lowest BCUT2D eigenvalue weighted by Crippen LogP contribution is -2.52. The van der Waals surface area contributed by atoms with Gasteiger partial charge in [0.2, 0.25) is 5.91 Å². The Bertz CT molecular complexity index is 768. The zero-order valence-electron chi connectivity index (χ0n) is 13.9. The molecule has 1 aromatic heterocycles. The van der Waals surface area contributed by atoms with Crippen LogP contribution in [0.2, 0.25) is 0 Å². The molecule has 3 rings (SSSR count). The van der Waals surface area contributed by atoms with Gasteiger partial charge in [-0.15, -0.1) is 0 Å². The molecule has 0 radical (unpaired) electrons. The Labute approximate surface area is 140 Å². The van der Waals surface area contributed by atoms with Crippen molar-refractivity contribution in [2.45, 2.75) is 20.4 Å². The summed E-state index contributed by atoms with van der Waals surface area (Å²) in [5.74, 6) is -0.126. The van der Waals surface area contributed by atoms with Crippen molar-refractivity contribution in [3.8, 4) is 5.69 Å². The molecule has 3 amide bonds. The van der Waals surface area contributed by atoms with Gasteiger partial charge in [-0.05, 0) is 31.5 Å². The van der Waals surface area contributed by atoms with Crippen LogP contribution < -0.4 is 10.6 Å². The number of nitrogens with one attached hydrogen (secondary N) is 2. The molecule has 0 spiro atoms. The maximum atomic E-state index is 12.2. The first-order valence-corrected chi connectivity index (χ1v) is 7.95. The van der Waals surface area contributed by atoms with Gasteiger partial charge in [0.25, 0.3) is 0 Å². The smallest absolute Gasteiger partial charge is 0.318 e. The topological polar surface area (TPSA) is 79.3 Å². The van der Waals surface area contributed by atoms with Crippen molar-refractivity contribution in [2.75, 3.05) is 19.6 Å². The number of aromatic nitrogens is 2. The Morgan fingerprint density at radius 2 is 2.12 bits per heavy atom. The summed E-state index contributed by atoms with van der Waals surface area (Å²) in [4.78, 5) is 25.2. The van der Waals surface area contributed by atoms with Gasteiger partial charge in [-0.3, -0.25) is 4.79 Å². The Hall–Kier alpha value is -2.83. The van der Waals surface area contributed by atoms with E-state index >= 15 is 0 Å². The highest BCUT2D eigenvalue weighted by molar-refractivity contribution is 5.85. The molecule has 0 aliphatic carbocycles. The predicted octanol–water partition coefficient (Wildman–Crippen LogP) is 1.13. The largest absolute Gasteiger partial charge is 0.353 e. The first-order chi connectivity index (χ1) is 11.5. The molecule has 24 heavy (non-hydrogen) atoms. The highest BCUT2D eigenvalue weighted by atomic mass is 16.2. The van der Waals surface area contributed by atoms with Crippen LogP contribution in [0.25, 0.3) is 5.69 Å². The number of rotatable bonds is 3. The van der Waals surface area contributed by atoms with E-state index in [0.29, 0.717) is 19.6 Å². The average Bonchev–Trinajstić information content (AvgIpc) is 2.91. The molecule has 1 aliphatic rings. The van der Waals surface area contributed by atoms with E-state index in [2.05, 4.69) is 15.7 Å². The quantitative estimate of drug-likeness (QED) is 0.887. The van der Waals surface area contributed by atoms with E-state index in [0.717, 1.165) is 22.6 Å². The summed E-state index contributed by atoms with van der Waals surface area (Å²) in [6, 6.07) is 9.62. The normalized spacial score (nSPS) is 14.4. The highest BCUT2D eigenvalue weighted by Gasteiger charge is 2.21. The maximum absolute atomic E-state index is 12.2. The van der Waals surface area contributed by atoms with E-state index in [1.54, 1.807) is 0 Å². The minimum atomic E-state index is -0.229. The van der Waals surface area contributed by atoms with E-state index in [1.807, 2.05) is 48.9 Å². The third-order valence-electron chi connectivity index (χ3n) is 3.99. The number of amides is 3. The van der Waals surface area contributed by atoms with Gasteiger partial charge < -0.3 is 15.5 Å². The zero-order chi connectivity index (χ0) is 17.1. The lowest BCUT2D eigenvalue weighted by atomic mass is 10.1. The van der Waals surface area contributed by atoms with E-state index in [4.69, 9.17) is 0 Å². The fourth-order valence-corrected chi connectivity index (χ4v) is 2.83. The Morgan fingerprint density at radius 1 is 1.33 bits per heavy atom. The van der Waals surface area contributed by atoms with Crippen LogP contribution in [-0.4, -0.2) is 46.3 Å². The number of carbonyl (C=O) groups is 2. The van der Waals surface area contributed by atoms with Crippen LogP contribution >= 0.6 is 0 Å². The molecule has 1 saturated heterocycles. The van der Waals surface area contributed by atoms with Gasteiger partial charge >= 0.3 is 6.03 Å². The molecule has 0 saturated carbocycles. The molecule has 2 aromatic rings. The molecule has 0 bridgehead atoms. The number of hydrogen-bond donors (Lipinski definition) is 2. The molecule has 7 nitrogen and oxygen atoms in total. The fourth-order valence-electron chi connectivity index (χ4n) is 2.83. The molecule has 0 unspecified atom stereocenters. The number of urea groups is 1. The van der Waals surface area contributed by atoms with Crippen molar-refractivity contribution in [3.05, 3.63) is 47.3 Å². The fraction of sp³-hybridized carbons (Fsp3) is 0.353. The minimum Gasteiger partial charge on any atom is -0.353 e. The zero-order valence-corrected chi connectivity index (χ0v) is 13.9. The van der Waals surface area contributed by atoms with E-state index in [1.165, 1.54) is 4.90 Å². The van der Waals surface area contributed by atoms with Gasteiger partial charge in [-0.2, -0.15) is 5.10 Å². The summed E-state index contributed by atoms with van der Waals surface area (Å²) >= 11 is 0. The molecule has 126 valence electrons. The SMILES string of the molecule is Cc1cc(C)n(-c2ccccc2CNC(=O)N2CCNC(=O)C2)n1. The van der Waals surface area contributed by atoms with Crippen molar-refractivity contribution >= 4 is 11.9 Å². The Balaban J connectivity index is 1.73. The van der Waals surface area contributed by atoms with Crippen LogP contribution in [-0.2, 0) is 11.3 Å². The van der Waals surface area contributed by atoms with Gasteiger partial charge in [0.1, 0.15) is 6.54 Å². The lowest BCUT2D eigenvalue weighted by Gasteiger charge is -2.27. The van der Waals surface area contributed by atoms with Crippen molar-refractivity contribution in [2.24, 2.45) is 0 Å². The first-order valence-electron chi connectivity index (χ1n) is 7.95. The molecule has 2 heterocycles. The maximum Gasteiger partial charge on any atom is 0.318 e. The lowest BCUT2D eigenvalue weighted by molar-refractivity contribution is -0.123. The first kappa shape index (κ1) is 16.0. The summed E-state index contributed by atoms with van der Waals surface area (Å²) in [5, 5.41) is 10.1. The summed E-state index contributed by atoms with van der Waals surface area (Å²) in [7, 11) is 0. The monoisotopic (exact) mass is 327 g/mol. The van der Waals surface area contributed by atoms with Gasteiger partial charge in [0, 0.05) is 25.3 Å². The van der Waals surface area contributed by atoms with Gasteiger partial charge in [-0.25, -0.2) is 9.48 Å². The van der Waals surface area contributed by atoms with Crippen LogP contribution in [0.15, 0.2) is 30.3 Å². The summed E-state index contributed by atoms with van der Waals surface area (Å²) in [6.07, 6.45) is 0. The number of carbonyl (C=O) groups excluding carboxylic acids is 2. The third-order valence-corrected chi connectivity index (χ3v) is 3.99. The van der Waals surface area contributed by atoms with E-state index in [-0.39, 0.29) is 18.5 Å². The molecular weight excluding hydrogens is 306 g/mol. The van der Waals surface area contributed by atoms with Crippen molar-refractivity contribution in [1.82, 2.24) is 25.3 Å². The predicted molar refractivity (Wildman–Crippen MR) is 89.9 cm³/mol. The number of aryl methyl sites for hydroxylation is 2. The molecule has 1 aliphatic heterocycles. The average molecular weight is 327 g/mol. The van der Waals surface area contributed by atoms with Crippen LogP contribution in [0.3, 0.4) is 0 Å². The second-order valence-corrected chi connectivity index (χ2v) is 5.90. The number of hydrogen-bond acceptors (Lipinski definition) is 3. The summed E-state index contributed by atoms with van der Waals surface area (Å²) in [6.45, 7) is 5.46. The molecule has 0 atom stereocenters. The Morgan fingerprint density at radius 3 is 2.83 bits per heavy atom. The second kappa shape index (κ2) is 6.74. The van der Waals surface area contributed by atoms with Gasteiger partial charge in [-0.1, -0.05) is 18.2 Å². The van der Waals surface area contributed by atoms with Crippen LogP contribution in [0.4, 0.5) is 4.79 Å². The third kappa shape index (κ3) is 3.40. The number of piperazine rings is 1.